The highest BCUT2D eigenvalue weighted by atomic mass is 35.5. The quantitative estimate of drug-likeness (QED) is 0.602. The predicted octanol–water partition coefficient (Wildman–Crippen LogP) is 4.15. The van der Waals surface area contributed by atoms with Gasteiger partial charge in [0, 0.05) is 24.9 Å². The lowest BCUT2D eigenvalue weighted by molar-refractivity contribution is 0.0478. The van der Waals surface area contributed by atoms with Gasteiger partial charge in [-0.05, 0) is 36.4 Å². The summed E-state index contributed by atoms with van der Waals surface area (Å²) >= 11 is 11.7. The zero-order valence-electron chi connectivity index (χ0n) is 15.2. The van der Waals surface area contributed by atoms with Crippen molar-refractivity contribution in [3.63, 3.8) is 0 Å². The lowest BCUT2D eigenvalue weighted by atomic mass is 10.2. The van der Waals surface area contributed by atoms with E-state index in [0.29, 0.717) is 0 Å². The highest BCUT2D eigenvalue weighted by molar-refractivity contribution is 7.92. The first kappa shape index (κ1) is 23.3. The molecule has 0 aliphatic rings. The largest absolute Gasteiger partial charge is 0.383 e. The zero-order chi connectivity index (χ0) is 21.6. The van der Waals surface area contributed by atoms with E-state index in [1.165, 1.54) is 49.6 Å². The fourth-order valence-corrected chi connectivity index (χ4v) is 3.84. The van der Waals surface area contributed by atoms with Crippen molar-refractivity contribution in [1.29, 1.82) is 0 Å². The molecule has 0 unspecified atom stereocenters. The van der Waals surface area contributed by atoms with Gasteiger partial charge in [-0.2, -0.15) is 0 Å². The first-order chi connectivity index (χ1) is 13.6. The molecule has 1 N–H and O–H groups in total. The number of amides is 1. The fourth-order valence-electron chi connectivity index (χ4n) is 2.40. The van der Waals surface area contributed by atoms with E-state index in [4.69, 9.17) is 27.9 Å². The van der Waals surface area contributed by atoms with Crippen molar-refractivity contribution in [1.82, 2.24) is 4.90 Å². The van der Waals surface area contributed by atoms with Gasteiger partial charge in [0.2, 0.25) is 0 Å². The number of hydrogen-bond acceptors (Lipinski definition) is 4. The molecule has 2 aromatic carbocycles. The van der Waals surface area contributed by atoms with Crippen molar-refractivity contribution >= 4 is 44.8 Å². The Balaban J connectivity index is 2.25. The van der Waals surface area contributed by atoms with E-state index < -0.39 is 28.9 Å². The van der Waals surface area contributed by atoms with Crippen molar-refractivity contribution in [3.05, 3.63) is 58.1 Å². The summed E-state index contributed by atoms with van der Waals surface area (Å²) in [4.78, 5) is 13.4. The number of alkyl halides is 2. The van der Waals surface area contributed by atoms with Gasteiger partial charge in [-0.25, -0.2) is 17.2 Å². The topological polar surface area (TPSA) is 75.7 Å². The third kappa shape index (κ3) is 6.53. The molecule has 0 spiro atoms. The summed E-state index contributed by atoms with van der Waals surface area (Å²) in [5.41, 5.74) is 0.141. The number of benzene rings is 2. The summed E-state index contributed by atoms with van der Waals surface area (Å²) in [7, 11) is -2.61. The van der Waals surface area contributed by atoms with E-state index in [9.17, 15) is 22.0 Å². The second-order valence-electron chi connectivity index (χ2n) is 5.90. The smallest absolute Gasteiger partial charge is 0.261 e. The molecule has 0 aliphatic heterocycles. The van der Waals surface area contributed by atoms with Crippen LogP contribution in [-0.2, 0) is 14.8 Å². The molecule has 0 fully saturated rings. The molecule has 0 saturated heterocycles. The van der Waals surface area contributed by atoms with Crippen LogP contribution < -0.4 is 4.72 Å². The van der Waals surface area contributed by atoms with Crippen LogP contribution >= 0.6 is 23.2 Å². The molecule has 0 aromatic heterocycles. The maximum Gasteiger partial charge on any atom is 0.261 e. The molecule has 11 heteroatoms. The summed E-state index contributed by atoms with van der Waals surface area (Å²) in [5, 5.41) is 0.271. The molecule has 0 heterocycles. The van der Waals surface area contributed by atoms with Crippen LogP contribution in [0, 0.1) is 0 Å². The van der Waals surface area contributed by atoms with Gasteiger partial charge in [0.1, 0.15) is 0 Å². The van der Waals surface area contributed by atoms with Gasteiger partial charge >= 0.3 is 0 Å². The lowest BCUT2D eigenvalue weighted by Gasteiger charge is -2.22. The molecule has 158 valence electrons. The summed E-state index contributed by atoms with van der Waals surface area (Å²) in [5.74, 6) is -0.669. The standard InChI is InChI=1S/C18H18Cl2F2N2O4S/c1-28-8-7-24(11-17(21)22)18(25)12-3-2-4-13(9-12)23-29(26,27)14-5-6-15(19)16(20)10-14/h2-6,9-10,17,23H,7-8,11H2,1H3. The number of nitrogens with one attached hydrogen (secondary N) is 1. The van der Waals surface area contributed by atoms with Crippen LogP contribution in [0.15, 0.2) is 47.4 Å². The van der Waals surface area contributed by atoms with Crippen LogP contribution in [0.1, 0.15) is 10.4 Å². The van der Waals surface area contributed by atoms with Crippen molar-refractivity contribution in [2.24, 2.45) is 0 Å². The lowest BCUT2D eigenvalue weighted by Crippen LogP contribution is -2.37. The van der Waals surface area contributed by atoms with Gasteiger partial charge in [-0.1, -0.05) is 29.3 Å². The second kappa shape index (κ2) is 10.2. The number of methoxy groups -OCH3 is 1. The highest BCUT2D eigenvalue weighted by Crippen LogP contribution is 2.26. The molecular formula is C18H18Cl2F2N2O4S. The van der Waals surface area contributed by atoms with E-state index in [1.807, 2.05) is 0 Å². The van der Waals surface area contributed by atoms with Crippen LogP contribution in [0.5, 0.6) is 0 Å². The predicted molar refractivity (Wildman–Crippen MR) is 107 cm³/mol. The molecule has 0 aliphatic carbocycles. The third-order valence-corrected chi connectivity index (χ3v) is 5.89. The number of rotatable bonds is 9. The average molecular weight is 467 g/mol. The summed E-state index contributed by atoms with van der Waals surface area (Å²) < 4.78 is 57.8. The third-order valence-electron chi connectivity index (χ3n) is 3.77. The molecule has 0 saturated carbocycles. The summed E-state index contributed by atoms with van der Waals surface area (Å²) in [6, 6.07) is 9.36. The van der Waals surface area contributed by atoms with E-state index in [-0.39, 0.29) is 39.3 Å². The maximum absolute atomic E-state index is 12.8. The van der Waals surface area contributed by atoms with Crippen molar-refractivity contribution < 1.29 is 26.7 Å². The average Bonchev–Trinajstić information content (AvgIpc) is 2.66. The Bertz CT molecular complexity index is 974. The maximum atomic E-state index is 12.8. The van der Waals surface area contributed by atoms with Crippen LogP contribution in [0.25, 0.3) is 0 Å². The monoisotopic (exact) mass is 466 g/mol. The molecule has 1 amide bonds. The second-order valence-corrected chi connectivity index (χ2v) is 8.39. The SMILES string of the molecule is COCCN(CC(F)F)C(=O)c1cccc(NS(=O)(=O)c2ccc(Cl)c(Cl)c2)c1. The number of sulfonamides is 1. The number of ether oxygens (including phenoxy) is 1. The Hall–Kier alpha value is -1.94. The molecule has 6 nitrogen and oxygen atoms in total. The van der Waals surface area contributed by atoms with Crippen LogP contribution in [0.4, 0.5) is 14.5 Å². The summed E-state index contributed by atoms with van der Waals surface area (Å²) in [6.45, 7) is -0.706. The summed E-state index contributed by atoms with van der Waals surface area (Å²) in [6.07, 6.45) is -2.72. The van der Waals surface area contributed by atoms with Crippen molar-refractivity contribution in [3.8, 4) is 0 Å². The van der Waals surface area contributed by atoms with Crippen LogP contribution in [-0.4, -0.2) is 52.5 Å². The Kier molecular flexibility index (Phi) is 8.21. The molecule has 2 aromatic rings. The first-order valence-corrected chi connectivity index (χ1v) is 10.5. The minimum absolute atomic E-state index is 0.0289. The fraction of sp³-hybridized carbons (Fsp3) is 0.278. The van der Waals surface area contributed by atoms with Gasteiger partial charge in [0.05, 0.1) is 28.1 Å². The van der Waals surface area contributed by atoms with Crippen LogP contribution in [0.2, 0.25) is 10.0 Å². The van der Waals surface area contributed by atoms with E-state index >= 15 is 0 Å². The van der Waals surface area contributed by atoms with E-state index in [0.717, 1.165) is 4.90 Å². The molecular weight excluding hydrogens is 449 g/mol. The zero-order valence-corrected chi connectivity index (χ0v) is 17.6. The van der Waals surface area contributed by atoms with Gasteiger partial charge in [-0.3, -0.25) is 9.52 Å². The first-order valence-electron chi connectivity index (χ1n) is 8.28. The number of halogens is 4. The Morgan fingerprint density at radius 2 is 1.90 bits per heavy atom. The van der Waals surface area contributed by atoms with Crippen molar-refractivity contribution in [2.75, 3.05) is 31.5 Å². The van der Waals surface area contributed by atoms with Gasteiger partial charge in [0.25, 0.3) is 22.4 Å². The van der Waals surface area contributed by atoms with Crippen molar-refractivity contribution in [2.45, 2.75) is 11.3 Å². The molecule has 0 radical (unpaired) electrons. The van der Waals surface area contributed by atoms with Crippen LogP contribution in [0.3, 0.4) is 0 Å². The molecule has 29 heavy (non-hydrogen) atoms. The van der Waals surface area contributed by atoms with Gasteiger partial charge in [-0.15, -0.1) is 0 Å². The van der Waals surface area contributed by atoms with E-state index in [1.54, 1.807) is 0 Å². The van der Waals surface area contributed by atoms with Gasteiger partial charge in [0.15, 0.2) is 0 Å². The Morgan fingerprint density at radius 3 is 2.52 bits per heavy atom. The minimum atomic E-state index is -4.01. The highest BCUT2D eigenvalue weighted by Gasteiger charge is 2.21. The Morgan fingerprint density at radius 1 is 1.17 bits per heavy atom. The molecule has 0 bridgehead atoms. The number of anilines is 1. The number of hydrogen-bond donors (Lipinski definition) is 1. The number of carbonyl (C=O) groups excluding carboxylic acids is 1. The number of carbonyl (C=O) groups is 1. The molecule has 2 rings (SSSR count). The Labute approximate surface area is 177 Å². The van der Waals surface area contributed by atoms with E-state index in [2.05, 4.69) is 4.72 Å². The minimum Gasteiger partial charge on any atom is -0.383 e. The normalized spacial score (nSPS) is 11.5. The molecule has 0 atom stereocenters. The van der Waals surface area contributed by atoms with Gasteiger partial charge < -0.3 is 9.64 Å². The number of nitrogens with zero attached hydrogens (tertiary/aromatic N) is 1.